The van der Waals surface area contributed by atoms with Gasteiger partial charge in [0.25, 0.3) is 5.91 Å². The number of hydrogen-bond acceptors (Lipinski definition) is 4. The number of carbonyl (C=O) groups excluding carboxylic acids is 2. The average Bonchev–Trinajstić information content (AvgIpc) is 2.71. The first-order chi connectivity index (χ1) is 12.5. The fraction of sp³-hybridized carbons (Fsp3) is 0.333. The zero-order chi connectivity index (χ0) is 19.1. The van der Waals surface area contributed by atoms with Crippen LogP contribution in [0.15, 0.2) is 54.6 Å². The summed E-state index contributed by atoms with van der Waals surface area (Å²) in [7, 11) is 3.34. The third-order valence-electron chi connectivity index (χ3n) is 4.45. The lowest BCUT2D eigenvalue weighted by atomic mass is 10.1. The van der Waals surface area contributed by atoms with E-state index in [1.165, 1.54) is 12.0 Å². The monoisotopic (exact) mass is 354 g/mol. The van der Waals surface area contributed by atoms with Gasteiger partial charge in [-0.05, 0) is 49.7 Å². The maximum Gasteiger partial charge on any atom is 0.328 e. The number of carbonyl (C=O) groups is 2. The Balaban J connectivity index is 2.41. The van der Waals surface area contributed by atoms with E-state index in [1.54, 1.807) is 12.1 Å². The van der Waals surface area contributed by atoms with Crippen LogP contribution in [-0.4, -0.2) is 38.6 Å². The molecule has 2 aromatic rings. The first kappa shape index (κ1) is 19.5. The Hall–Kier alpha value is -2.82. The summed E-state index contributed by atoms with van der Waals surface area (Å²) in [6.07, 6.45) is 0.462. The van der Waals surface area contributed by atoms with Gasteiger partial charge in [-0.2, -0.15) is 0 Å². The van der Waals surface area contributed by atoms with Gasteiger partial charge >= 0.3 is 5.97 Å². The molecule has 0 saturated carbocycles. The molecule has 26 heavy (non-hydrogen) atoms. The standard InChI is InChI=1S/C21H26N2O3/c1-5-19(21(25)26-4)23(18-10-8-7-9-11-18)20(24)16-12-14-17(15-13-16)22(3)6-2/h7-15,19H,5-6H2,1-4H3. The Labute approximate surface area is 155 Å². The predicted octanol–water partition coefficient (Wildman–Crippen LogP) is 3.74. The molecule has 0 aromatic heterocycles. The van der Waals surface area contributed by atoms with Gasteiger partial charge in [-0.1, -0.05) is 25.1 Å². The van der Waals surface area contributed by atoms with Crippen molar-refractivity contribution in [3.05, 3.63) is 60.2 Å². The van der Waals surface area contributed by atoms with Gasteiger partial charge in [0.2, 0.25) is 0 Å². The number of esters is 1. The van der Waals surface area contributed by atoms with Crippen molar-refractivity contribution in [3.63, 3.8) is 0 Å². The third-order valence-corrected chi connectivity index (χ3v) is 4.45. The predicted molar refractivity (Wildman–Crippen MR) is 105 cm³/mol. The summed E-state index contributed by atoms with van der Waals surface area (Å²) >= 11 is 0. The minimum absolute atomic E-state index is 0.223. The molecule has 0 aliphatic heterocycles. The van der Waals surface area contributed by atoms with E-state index in [9.17, 15) is 9.59 Å². The van der Waals surface area contributed by atoms with Gasteiger partial charge in [-0.15, -0.1) is 0 Å². The molecule has 1 amide bonds. The van der Waals surface area contributed by atoms with E-state index in [4.69, 9.17) is 4.74 Å². The van der Waals surface area contributed by atoms with Crippen LogP contribution in [-0.2, 0) is 9.53 Å². The van der Waals surface area contributed by atoms with Gasteiger partial charge in [-0.3, -0.25) is 9.69 Å². The van der Waals surface area contributed by atoms with Crippen molar-refractivity contribution in [2.45, 2.75) is 26.3 Å². The fourth-order valence-corrected chi connectivity index (χ4v) is 2.80. The molecule has 0 bridgehead atoms. The lowest BCUT2D eigenvalue weighted by molar-refractivity contribution is -0.142. The molecule has 0 fully saturated rings. The van der Waals surface area contributed by atoms with Crippen LogP contribution in [0.2, 0.25) is 0 Å². The molecule has 0 aliphatic rings. The van der Waals surface area contributed by atoms with E-state index in [-0.39, 0.29) is 5.91 Å². The summed E-state index contributed by atoms with van der Waals surface area (Å²) < 4.78 is 4.92. The van der Waals surface area contributed by atoms with Crippen LogP contribution in [0.25, 0.3) is 0 Å². The van der Waals surface area contributed by atoms with Gasteiger partial charge in [0.1, 0.15) is 6.04 Å². The number of methoxy groups -OCH3 is 1. The number of amides is 1. The second kappa shape index (κ2) is 9.04. The number of benzene rings is 2. The molecule has 0 heterocycles. The minimum atomic E-state index is -0.673. The van der Waals surface area contributed by atoms with E-state index in [0.717, 1.165) is 12.2 Å². The first-order valence-electron chi connectivity index (χ1n) is 8.81. The molecule has 138 valence electrons. The zero-order valence-corrected chi connectivity index (χ0v) is 15.8. The van der Waals surface area contributed by atoms with Crippen LogP contribution in [0.5, 0.6) is 0 Å². The molecule has 2 rings (SSSR count). The average molecular weight is 354 g/mol. The largest absolute Gasteiger partial charge is 0.467 e. The summed E-state index contributed by atoms with van der Waals surface area (Å²) in [5, 5.41) is 0. The van der Waals surface area contributed by atoms with Crippen LogP contribution in [0.1, 0.15) is 30.6 Å². The molecule has 1 atom stereocenters. The van der Waals surface area contributed by atoms with Gasteiger partial charge in [-0.25, -0.2) is 4.79 Å². The maximum absolute atomic E-state index is 13.2. The topological polar surface area (TPSA) is 49.9 Å². The second-order valence-corrected chi connectivity index (χ2v) is 6.02. The summed E-state index contributed by atoms with van der Waals surface area (Å²) in [5.41, 5.74) is 2.24. The van der Waals surface area contributed by atoms with Gasteiger partial charge in [0.15, 0.2) is 0 Å². The van der Waals surface area contributed by atoms with Crippen LogP contribution < -0.4 is 9.80 Å². The molecule has 0 saturated heterocycles. The van der Waals surface area contributed by atoms with E-state index in [2.05, 4.69) is 11.8 Å². The normalized spacial score (nSPS) is 11.5. The molecular formula is C21H26N2O3. The highest BCUT2D eigenvalue weighted by Crippen LogP contribution is 2.23. The number of ether oxygens (including phenoxy) is 1. The number of para-hydroxylation sites is 1. The third kappa shape index (κ3) is 4.23. The quantitative estimate of drug-likeness (QED) is 0.711. The summed E-state index contributed by atoms with van der Waals surface area (Å²) in [6, 6.07) is 16.0. The van der Waals surface area contributed by atoms with Crippen LogP contribution in [0.4, 0.5) is 11.4 Å². The molecule has 0 radical (unpaired) electrons. The smallest absolute Gasteiger partial charge is 0.328 e. The van der Waals surface area contributed by atoms with Crippen molar-refractivity contribution in [1.82, 2.24) is 0 Å². The molecule has 5 heteroatoms. The number of hydrogen-bond donors (Lipinski definition) is 0. The van der Waals surface area contributed by atoms with Crippen molar-refractivity contribution in [2.75, 3.05) is 30.5 Å². The highest BCUT2D eigenvalue weighted by atomic mass is 16.5. The van der Waals surface area contributed by atoms with Crippen LogP contribution in [0, 0.1) is 0 Å². The van der Waals surface area contributed by atoms with Crippen molar-refractivity contribution in [1.29, 1.82) is 0 Å². The lowest BCUT2D eigenvalue weighted by Gasteiger charge is -2.29. The SMILES string of the molecule is CCC(C(=O)OC)N(C(=O)c1ccc(N(C)CC)cc1)c1ccccc1. The Morgan fingerprint density at radius 3 is 2.08 bits per heavy atom. The lowest BCUT2D eigenvalue weighted by Crippen LogP contribution is -2.45. The second-order valence-electron chi connectivity index (χ2n) is 6.02. The Morgan fingerprint density at radius 1 is 0.962 bits per heavy atom. The van der Waals surface area contributed by atoms with Crippen molar-refractivity contribution < 1.29 is 14.3 Å². The molecule has 0 aliphatic carbocycles. The molecule has 2 aromatic carbocycles. The van der Waals surface area contributed by atoms with Crippen molar-refractivity contribution in [3.8, 4) is 0 Å². The molecular weight excluding hydrogens is 328 g/mol. The van der Waals surface area contributed by atoms with Crippen molar-refractivity contribution in [2.24, 2.45) is 0 Å². The Bertz CT molecular complexity index is 729. The van der Waals surface area contributed by atoms with Crippen LogP contribution in [0.3, 0.4) is 0 Å². The number of anilines is 2. The number of nitrogens with zero attached hydrogens (tertiary/aromatic N) is 2. The molecule has 5 nitrogen and oxygen atoms in total. The van der Waals surface area contributed by atoms with Crippen LogP contribution >= 0.6 is 0 Å². The highest BCUT2D eigenvalue weighted by Gasteiger charge is 2.31. The molecule has 0 N–H and O–H groups in total. The van der Waals surface area contributed by atoms with Crippen molar-refractivity contribution >= 4 is 23.3 Å². The zero-order valence-electron chi connectivity index (χ0n) is 15.8. The van der Waals surface area contributed by atoms with Gasteiger partial charge in [0.05, 0.1) is 7.11 Å². The van der Waals surface area contributed by atoms with Gasteiger partial charge in [0, 0.05) is 30.5 Å². The minimum Gasteiger partial charge on any atom is -0.467 e. The van der Waals surface area contributed by atoms with Gasteiger partial charge < -0.3 is 9.64 Å². The van der Waals surface area contributed by atoms with E-state index in [1.807, 2.05) is 56.4 Å². The summed E-state index contributed by atoms with van der Waals surface area (Å²) in [4.78, 5) is 29.1. The first-order valence-corrected chi connectivity index (χ1v) is 8.81. The maximum atomic E-state index is 13.2. The number of rotatable bonds is 7. The Morgan fingerprint density at radius 2 is 1.58 bits per heavy atom. The Kier molecular flexibility index (Phi) is 6.78. The van der Waals surface area contributed by atoms with E-state index < -0.39 is 12.0 Å². The van der Waals surface area contributed by atoms with E-state index in [0.29, 0.717) is 17.7 Å². The fourth-order valence-electron chi connectivity index (χ4n) is 2.80. The summed E-state index contributed by atoms with van der Waals surface area (Å²) in [5.74, 6) is -0.647. The molecule has 1 unspecified atom stereocenters. The molecule has 0 spiro atoms. The van der Waals surface area contributed by atoms with E-state index >= 15 is 0 Å². The highest BCUT2D eigenvalue weighted by molar-refractivity contribution is 6.09. The summed E-state index contributed by atoms with van der Waals surface area (Å²) in [6.45, 7) is 4.81.